The molecule has 0 spiro atoms. The third-order valence-electron chi connectivity index (χ3n) is 3.38. The van der Waals surface area contributed by atoms with Crippen molar-refractivity contribution in [2.24, 2.45) is 0 Å². The highest BCUT2D eigenvalue weighted by atomic mass is 79.9. The summed E-state index contributed by atoms with van der Waals surface area (Å²) in [6.45, 7) is 3.06. The molecule has 3 rings (SSSR count). The van der Waals surface area contributed by atoms with Crippen LogP contribution in [0, 0.1) is 0 Å². The number of benzene rings is 2. The van der Waals surface area contributed by atoms with Crippen molar-refractivity contribution in [3.63, 3.8) is 0 Å². The van der Waals surface area contributed by atoms with Gasteiger partial charge >= 0.3 is 0 Å². The van der Waals surface area contributed by atoms with E-state index in [-0.39, 0.29) is 0 Å². The molecule has 0 bridgehead atoms. The molecule has 0 radical (unpaired) electrons. The maximum absolute atomic E-state index is 4.43. The number of halogens is 1. The van der Waals surface area contributed by atoms with Gasteiger partial charge in [-0.25, -0.2) is 4.98 Å². The second kappa shape index (κ2) is 5.63. The minimum atomic E-state index is 0.934. The van der Waals surface area contributed by atoms with Crippen molar-refractivity contribution in [3.8, 4) is 22.5 Å². The Morgan fingerprint density at radius 3 is 2.05 bits per heavy atom. The van der Waals surface area contributed by atoms with Gasteiger partial charge in [-0.1, -0.05) is 52.3 Å². The van der Waals surface area contributed by atoms with Crippen LogP contribution in [0.15, 0.2) is 65.4 Å². The van der Waals surface area contributed by atoms with Gasteiger partial charge in [0.1, 0.15) is 5.82 Å². The number of aromatic nitrogens is 2. The second-order valence-corrected chi connectivity index (χ2v) is 5.54. The molecule has 0 amide bonds. The van der Waals surface area contributed by atoms with Crippen LogP contribution in [0.5, 0.6) is 0 Å². The van der Waals surface area contributed by atoms with Crippen molar-refractivity contribution in [2.75, 3.05) is 0 Å². The molecule has 0 aliphatic carbocycles. The Hall–Kier alpha value is -1.87. The summed E-state index contributed by atoms with van der Waals surface area (Å²) in [4.78, 5) is 4.43. The molecule has 0 saturated carbocycles. The van der Waals surface area contributed by atoms with Crippen LogP contribution < -0.4 is 0 Å². The zero-order valence-corrected chi connectivity index (χ0v) is 12.8. The molecule has 0 unspecified atom stereocenters. The molecule has 1 heterocycles. The topological polar surface area (TPSA) is 17.8 Å². The molecule has 0 N–H and O–H groups in total. The molecule has 20 heavy (non-hydrogen) atoms. The van der Waals surface area contributed by atoms with Crippen molar-refractivity contribution in [1.82, 2.24) is 9.55 Å². The largest absolute Gasteiger partial charge is 0.331 e. The van der Waals surface area contributed by atoms with Gasteiger partial charge in [0.25, 0.3) is 0 Å². The van der Waals surface area contributed by atoms with E-state index in [0.717, 1.165) is 22.4 Å². The monoisotopic (exact) mass is 326 g/mol. The van der Waals surface area contributed by atoms with Crippen LogP contribution in [0.3, 0.4) is 0 Å². The van der Waals surface area contributed by atoms with Crippen LogP contribution in [0.4, 0.5) is 0 Å². The smallest absolute Gasteiger partial charge is 0.139 e. The van der Waals surface area contributed by atoms with Crippen LogP contribution in [-0.2, 0) is 6.54 Å². The molecule has 100 valence electrons. The number of hydrogen-bond acceptors (Lipinski definition) is 1. The van der Waals surface area contributed by atoms with E-state index in [2.05, 4.69) is 80.9 Å². The molecule has 0 fully saturated rings. The summed E-state index contributed by atoms with van der Waals surface area (Å²) >= 11 is 3.46. The lowest BCUT2D eigenvalue weighted by atomic mass is 10.0. The quantitative estimate of drug-likeness (QED) is 0.662. The summed E-state index contributed by atoms with van der Waals surface area (Å²) in [6, 6.07) is 16.9. The molecular weight excluding hydrogens is 312 g/mol. The van der Waals surface area contributed by atoms with Crippen molar-refractivity contribution in [3.05, 3.63) is 65.4 Å². The zero-order valence-electron chi connectivity index (χ0n) is 11.3. The van der Waals surface area contributed by atoms with E-state index in [4.69, 9.17) is 0 Å². The Morgan fingerprint density at radius 2 is 1.45 bits per heavy atom. The van der Waals surface area contributed by atoms with Gasteiger partial charge in [-0.05, 0) is 30.2 Å². The van der Waals surface area contributed by atoms with E-state index in [9.17, 15) is 0 Å². The Morgan fingerprint density at radius 1 is 0.900 bits per heavy atom. The third kappa shape index (κ3) is 2.54. The fourth-order valence-corrected chi connectivity index (χ4v) is 2.54. The summed E-state index contributed by atoms with van der Waals surface area (Å²) in [7, 11) is 0. The molecule has 2 aromatic carbocycles. The molecule has 0 aliphatic heterocycles. The zero-order chi connectivity index (χ0) is 13.9. The predicted molar refractivity (Wildman–Crippen MR) is 86.5 cm³/mol. The first-order valence-corrected chi connectivity index (χ1v) is 7.44. The summed E-state index contributed by atoms with van der Waals surface area (Å²) in [5.41, 5.74) is 3.59. The van der Waals surface area contributed by atoms with Gasteiger partial charge in [0.05, 0.1) is 0 Å². The van der Waals surface area contributed by atoms with Gasteiger partial charge in [0, 0.05) is 29.0 Å². The van der Waals surface area contributed by atoms with Crippen molar-refractivity contribution in [2.45, 2.75) is 13.5 Å². The normalized spacial score (nSPS) is 10.7. The molecule has 0 saturated heterocycles. The minimum Gasteiger partial charge on any atom is -0.331 e. The first-order valence-electron chi connectivity index (χ1n) is 6.65. The molecule has 1 aromatic heterocycles. The molecule has 0 atom stereocenters. The van der Waals surface area contributed by atoms with Crippen molar-refractivity contribution >= 4 is 15.9 Å². The summed E-state index contributed by atoms with van der Waals surface area (Å²) < 4.78 is 3.25. The van der Waals surface area contributed by atoms with Gasteiger partial charge < -0.3 is 4.57 Å². The fraction of sp³-hybridized carbons (Fsp3) is 0.118. The highest BCUT2D eigenvalue weighted by molar-refractivity contribution is 9.10. The summed E-state index contributed by atoms with van der Waals surface area (Å²) in [6.07, 6.45) is 3.86. The van der Waals surface area contributed by atoms with Gasteiger partial charge in [0.2, 0.25) is 0 Å². The van der Waals surface area contributed by atoms with Gasteiger partial charge in [-0.3, -0.25) is 0 Å². The first-order chi connectivity index (χ1) is 9.78. The summed E-state index contributed by atoms with van der Waals surface area (Å²) in [5, 5.41) is 0. The van der Waals surface area contributed by atoms with Gasteiger partial charge in [0.15, 0.2) is 0 Å². The number of imidazole rings is 1. The highest BCUT2D eigenvalue weighted by Crippen LogP contribution is 2.25. The van der Waals surface area contributed by atoms with E-state index in [1.165, 1.54) is 11.1 Å². The summed E-state index contributed by atoms with van der Waals surface area (Å²) in [5.74, 6) is 1.02. The number of rotatable bonds is 3. The lowest BCUT2D eigenvalue weighted by Gasteiger charge is -2.06. The van der Waals surface area contributed by atoms with E-state index < -0.39 is 0 Å². The van der Waals surface area contributed by atoms with Crippen molar-refractivity contribution in [1.29, 1.82) is 0 Å². The molecular formula is C17H15BrN2. The van der Waals surface area contributed by atoms with E-state index >= 15 is 0 Å². The second-order valence-electron chi connectivity index (χ2n) is 4.62. The third-order valence-corrected chi connectivity index (χ3v) is 3.91. The number of nitrogens with zero attached hydrogens (tertiary/aromatic N) is 2. The van der Waals surface area contributed by atoms with Gasteiger partial charge in [-0.15, -0.1) is 0 Å². The van der Waals surface area contributed by atoms with Crippen LogP contribution in [0.25, 0.3) is 22.5 Å². The fourth-order valence-electron chi connectivity index (χ4n) is 2.28. The van der Waals surface area contributed by atoms with Crippen LogP contribution >= 0.6 is 15.9 Å². The average molecular weight is 327 g/mol. The highest BCUT2D eigenvalue weighted by Gasteiger charge is 2.05. The van der Waals surface area contributed by atoms with E-state index in [0.29, 0.717) is 0 Å². The van der Waals surface area contributed by atoms with Crippen molar-refractivity contribution < 1.29 is 0 Å². The minimum absolute atomic E-state index is 0.934. The van der Waals surface area contributed by atoms with Crippen LogP contribution in [-0.4, -0.2) is 9.55 Å². The number of hydrogen-bond donors (Lipinski definition) is 0. The standard InChI is InChI=1S/C17H15BrN2/c1-2-20-12-11-19-17(20)15-5-3-13(4-6-15)14-7-9-16(18)10-8-14/h3-12H,2H2,1H3. The molecule has 3 aromatic rings. The molecule has 0 aliphatic rings. The number of aryl methyl sites for hydroxylation is 1. The lowest BCUT2D eigenvalue weighted by Crippen LogP contribution is -1.95. The lowest BCUT2D eigenvalue weighted by molar-refractivity contribution is 0.771. The van der Waals surface area contributed by atoms with E-state index in [1.54, 1.807) is 0 Å². The maximum atomic E-state index is 4.43. The van der Waals surface area contributed by atoms with E-state index in [1.807, 2.05) is 12.4 Å². The molecule has 2 nitrogen and oxygen atoms in total. The average Bonchev–Trinajstić information content (AvgIpc) is 2.97. The van der Waals surface area contributed by atoms with Crippen LogP contribution in [0.1, 0.15) is 6.92 Å². The Balaban J connectivity index is 1.93. The molecule has 3 heteroatoms. The first kappa shape index (κ1) is 13.1. The van der Waals surface area contributed by atoms with Crippen LogP contribution in [0.2, 0.25) is 0 Å². The Kier molecular flexibility index (Phi) is 3.70. The Labute approximate surface area is 127 Å². The van der Waals surface area contributed by atoms with Gasteiger partial charge in [-0.2, -0.15) is 0 Å². The maximum Gasteiger partial charge on any atom is 0.139 e. The predicted octanol–water partition coefficient (Wildman–Crippen LogP) is 5.00. The SMILES string of the molecule is CCn1ccnc1-c1ccc(-c2ccc(Br)cc2)cc1. The Bertz CT molecular complexity index is 697.